The van der Waals surface area contributed by atoms with Crippen LogP contribution in [-0.4, -0.2) is 61.7 Å². The first-order valence-electron chi connectivity index (χ1n) is 7.90. The standard InChI is InChI=1S/C15H21F3N4O2S/c1-10(23)20-8-11-2-3-12(25-11)14(24)21-9-13(15(16,17)18)22-6-4-19-5-7-22/h2-3,13,19H,4-9H2,1H3,(H,20,23)(H,21,24). The first kappa shape index (κ1) is 19.7. The number of thiophene rings is 1. The molecule has 0 bridgehead atoms. The quantitative estimate of drug-likeness (QED) is 0.689. The number of nitrogens with one attached hydrogen (secondary N) is 3. The predicted octanol–water partition coefficient (Wildman–Crippen LogP) is 0.950. The van der Waals surface area contributed by atoms with Crippen molar-refractivity contribution in [3.8, 4) is 0 Å². The summed E-state index contributed by atoms with van der Waals surface area (Å²) < 4.78 is 39.9. The van der Waals surface area contributed by atoms with Gasteiger partial charge in [-0.25, -0.2) is 0 Å². The number of amides is 2. The summed E-state index contributed by atoms with van der Waals surface area (Å²) in [6.07, 6.45) is -4.41. The van der Waals surface area contributed by atoms with Crippen LogP contribution in [0.2, 0.25) is 0 Å². The van der Waals surface area contributed by atoms with Gasteiger partial charge in [-0.15, -0.1) is 11.3 Å². The van der Waals surface area contributed by atoms with Crippen molar-refractivity contribution in [3.63, 3.8) is 0 Å². The summed E-state index contributed by atoms with van der Waals surface area (Å²) in [5.74, 6) is -0.730. The van der Waals surface area contributed by atoms with E-state index in [-0.39, 0.29) is 5.91 Å². The molecule has 0 radical (unpaired) electrons. The molecule has 2 heterocycles. The number of rotatable bonds is 6. The van der Waals surface area contributed by atoms with Crippen molar-refractivity contribution < 1.29 is 22.8 Å². The van der Waals surface area contributed by atoms with E-state index < -0.39 is 24.7 Å². The molecule has 1 aromatic heterocycles. The second-order valence-corrected chi connectivity index (χ2v) is 6.90. The Hall–Kier alpha value is -1.65. The molecule has 0 aliphatic carbocycles. The molecule has 1 fully saturated rings. The molecule has 25 heavy (non-hydrogen) atoms. The van der Waals surface area contributed by atoms with Crippen molar-refractivity contribution in [2.45, 2.75) is 25.7 Å². The monoisotopic (exact) mass is 378 g/mol. The molecule has 6 nitrogen and oxygen atoms in total. The van der Waals surface area contributed by atoms with Crippen LogP contribution in [0.3, 0.4) is 0 Å². The Morgan fingerprint density at radius 3 is 2.56 bits per heavy atom. The van der Waals surface area contributed by atoms with Crippen LogP contribution in [0.15, 0.2) is 12.1 Å². The molecule has 0 saturated carbocycles. The maximum absolute atomic E-state index is 13.3. The lowest BCUT2D eigenvalue weighted by Crippen LogP contribution is -2.57. The van der Waals surface area contributed by atoms with E-state index in [2.05, 4.69) is 16.0 Å². The molecule has 1 unspecified atom stereocenters. The highest BCUT2D eigenvalue weighted by Gasteiger charge is 2.43. The number of carbonyl (C=O) groups is 2. The largest absolute Gasteiger partial charge is 0.405 e. The highest BCUT2D eigenvalue weighted by molar-refractivity contribution is 7.14. The third-order valence-corrected chi connectivity index (χ3v) is 4.91. The summed E-state index contributed by atoms with van der Waals surface area (Å²) in [4.78, 5) is 25.4. The number of hydrogen-bond acceptors (Lipinski definition) is 5. The van der Waals surface area contributed by atoms with Crippen molar-refractivity contribution in [2.75, 3.05) is 32.7 Å². The minimum absolute atomic E-state index is 0.191. The molecule has 10 heteroatoms. The second-order valence-electron chi connectivity index (χ2n) is 5.73. The van der Waals surface area contributed by atoms with Crippen molar-refractivity contribution in [3.05, 3.63) is 21.9 Å². The molecule has 3 N–H and O–H groups in total. The van der Waals surface area contributed by atoms with Gasteiger partial charge in [0, 0.05) is 44.5 Å². The van der Waals surface area contributed by atoms with Crippen molar-refractivity contribution in [1.29, 1.82) is 0 Å². The van der Waals surface area contributed by atoms with Crippen molar-refractivity contribution >= 4 is 23.2 Å². The molecule has 140 valence electrons. The third-order valence-electron chi connectivity index (χ3n) is 3.82. The highest BCUT2D eigenvalue weighted by Crippen LogP contribution is 2.25. The summed E-state index contributed by atoms with van der Waals surface area (Å²) in [5, 5.41) is 8.00. The smallest absolute Gasteiger partial charge is 0.351 e. The van der Waals surface area contributed by atoms with Crippen LogP contribution >= 0.6 is 11.3 Å². The van der Waals surface area contributed by atoms with Gasteiger partial charge in [-0.2, -0.15) is 13.2 Å². The van der Waals surface area contributed by atoms with Gasteiger partial charge in [0.1, 0.15) is 6.04 Å². The van der Waals surface area contributed by atoms with E-state index in [1.165, 1.54) is 11.8 Å². The molecule has 1 aromatic rings. The Kier molecular flexibility index (Phi) is 6.79. The Morgan fingerprint density at radius 1 is 1.28 bits per heavy atom. The second kappa shape index (κ2) is 8.63. The zero-order chi connectivity index (χ0) is 18.4. The minimum Gasteiger partial charge on any atom is -0.351 e. The molecule has 1 aliphatic rings. The fraction of sp³-hybridized carbons (Fsp3) is 0.600. The average Bonchev–Trinajstić information content (AvgIpc) is 3.02. The first-order chi connectivity index (χ1) is 11.8. The van der Waals surface area contributed by atoms with Crippen LogP contribution in [-0.2, 0) is 11.3 Å². The van der Waals surface area contributed by atoms with E-state index >= 15 is 0 Å². The van der Waals surface area contributed by atoms with E-state index in [1.807, 2.05) is 0 Å². The van der Waals surface area contributed by atoms with Gasteiger partial charge in [0.2, 0.25) is 5.91 Å². The fourth-order valence-corrected chi connectivity index (χ4v) is 3.39. The summed E-state index contributed by atoms with van der Waals surface area (Å²) >= 11 is 1.15. The predicted molar refractivity (Wildman–Crippen MR) is 88.5 cm³/mol. The maximum atomic E-state index is 13.3. The molecular formula is C15H21F3N4O2S. The number of halogens is 3. The SMILES string of the molecule is CC(=O)NCc1ccc(C(=O)NCC(N2CCNCC2)C(F)(F)F)s1. The number of alkyl halides is 3. The summed E-state index contributed by atoms with van der Waals surface area (Å²) in [5.41, 5.74) is 0. The number of piperazine rings is 1. The summed E-state index contributed by atoms with van der Waals surface area (Å²) in [6.45, 7) is 2.77. The minimum atomic E-state index is -4.41. The number of hydrogen-bond donors (Lipinski definition) is 3. The van der Waals surface area contributed by atoms with Crippen LogP contribution in [0.25, 0.3) is 0 Å². The van der Waals surface area contributed by atoms with Gasteiger partial charge in [-0.3, -0.25) is 14.5 Å². The topological polar surface area (TPSA) is 73.5 Å². The van der Waals surface area contributed by atoms with Gasteiger partial charge in [-0.1, -0.05) is 0 Å². The van der Waals surface area contributed by atoms with Crippen LogP contribution < -0.4 is 16.0 Å². The lowest BCUT2D eigenvalue weighted by molar-refractivity contribution is -0.183. The zero-order valence-electron chi connectivity index (χ0n) is 13.8. The Morgan fingerprint density at radius 2 is 1.96 bits per heavy atom. The molecule has 2 amide bonds. The average molecular weight is 378 g/mol. The Labute approximate surface area is 147 Å². The molecule has 1 atom stereocenters. The Bertz CT molecular complexity index is 600. The molecule has 2 rings (SSSR count). The van der Waals surface area contributed by atoms with Crippen LogP contribution in [0, 0.1) is 0 Å². The lowest BCUT2D eigenvalue weighted by Gasteiger charge is -2.35. The summed E-state index contributed by atoms with van der Waals surface area (Å²) in [7, 11) is 0. The maximum Gasteiger partial charge on any atom is 0.405 e. The highest BCUT2D eigenvalue weighted by atomic mass is 32.1. The lowest BCUT2D eigenvalue weighted by atomic mass is 10.2. The number of nitrogens with zero attached hydrogens (tertiary/aromatic N) is 1. The van der Waals surface area contributed by atoms with Crippen molar-refractivity contribution in [1.82, 2.24) is 20.9 Å². The van der Waals surface area contributed by atoms with Gasteiger partial charge < -0.3 is 16.0 Å². The normalized spacial score (nSPS) is 17.1. The van der Waals surface area contributed by atoms with E-state index in [0.29, 0.717) is 37.6 Å². The molecule has 0 spiro atoms. The van der Waals surface area contributed by atoms with E-state index in [0.717, 1.165) is 16.2 Å². The van der Waals surface area contributed by atoms with Crippen molar-refractivity contribution in [2.24, 2.45) is 0 Å². The Balaban J connectivity index is 1.93. The molecule has 1 aliphatic heterocycles. The van der Waals surface area contributed by atoms with Gasteiger partial charge in [0.05, 0.1) is 11.4 Å². The van der Waals surface area contributed by atoms with Crippen LogP contribution in [0.5, 0.6) is 0 Å². The number of carbonyl (C=O) groups excluding carboxylic acids is 2. The van der Waals surface area contributed by atoms with E-state index in [9.17, 15) is 22.8 Å². The van der Waals surface area contributed by atoms with Crippen LogP contribution in [0.1, 0.15) is 21.5 Å². The van der Waals surface area contributed by atoms with E-state index in [4.69, 9.17) is 0 Å². The molecule has 1 saturated heterocycles. The molecular weight excluding hydrogens is 357 g/mol. The van der Waals surface area contributed by atoms with Gasteiger partial charge >= 0.3 is 6.18 Å². The van der Waals surface area contributed by atoms with Crippen LogP contribution in [0.4, 0.5) is 13.2 Å². The fourth-order valence-electron chi connectivity index (χ4n) is 2.53. The van der Waals surface area contributed by atoms with Gasteiger partial charge in [0.15, 0.2) is 0 Å². The zero-order valence-corrected chi connectivity index (χ0v) is 14.6. The first-order valence-corrected chi connectivity index (χ1v) is 8.72. The third kappa shape index (κ3) is 5.98. The van der Waals surface area contributed by atoms with E-state index in [1.54, 1.807) is 12.1 Å². The molecule has 0 aromatic carbocycles. The van der Waals surface area contributed by atoms with Gasteiger partial charge in [0.25, 0.3) is 5.91 Å². The summed E-state index contributed by atoms with van der Waals surface area (Å²) in [6, 6.07) is 1.52. The van der Waals surface area contributed by atoms with Gasteiger partial charge in [-0.05, 0) is 12.1 Å².